The van der Waals surface area contributed by atoms with Crippen LogP contribution in [0.15, 0.2) is 12.1 Å². The highest BCUT2D eigenvalue weighted by Gasteiger charge is 2.22. The van der Waals surface area contributed by atoms with Crippen LogP contribution in [-0.2, 0) is 0 Å². The van der Waals surface area contributed by atoms with Crippen LogP contribution in [-0.4, -0.2) is 50.5 Å². The van der Waals surface area contributed by atoms with Gasteiger partial charge in [-0.05, 0) is 37.1 Å². The third-order valence-corrected chi connectivity index (χ3v) is 4.18. The van der Waals surface area contributed by atoms with E-state index in [-0.39, 0.29) is 11.7 Å². The number of carbonyl (C=O) groups excluding carboxylic acids is 1. The number of ketones is 1. The monoisotopic (exact) mass is 290 g/mol. The van der Waals surface area contributed by atoms with Crippen LogP contribution in [0.4, 0.5) is 0 Å². The van der Waals surface area contributed by atoms with Crippen LogP contribution in [0.2, 0.25) is 0 Å². The van der Waals surface area contributed by atoms with Crippen LogP contribution in [0.5, 0.6) is 5.75 Å². The predicted molar refractivity (Wildman–Crippen MR) is 85.3 cm³/mol. The fraction of sp³-hybridized carbons (Fsp3) is 0.588. The molecule has 1 aromatic rings. The average molecular weight is 290 g/mol. The second-order valence-corrected chi connectivity index (χ2v) is 5.95. The Morgan fingerprint density at radius 3 is 2.38 bits per heavy atom. The van der Waals surface area contributed by atoms with E-state index in [1.54, 1.807) is 7.11 Å². The number of aryl methyl sites for hydroxylation is 2. The Morgan fingerprint density at radius 1 is 1.29 bits per heavy atom. The van der Waals surface area contributed by atoms with Crippen molar-refractivity contribution in [2.24, 2.45) is 5.92 Å². The molecule has 0 aliphatic carbocycles. The van der Waals surface area contributed by atoms with Gasteiger partial charge in [0.15, 0.2) is 5.78 Å². The maximum Gasteiger partial charge on any atom is 0.167 e. The normalized spacial score (nSPS) is 17.5. The Bertz CT molecular complexity index is 485. The molecule has 4 heteroatoms. The Morgan fingerprint density at radius 2 is 1.86 bits per heavy atom. The van der Waals surface area contributed by atoms with Crippen molar-refractivity contribution in [2.45, 2.75) is 20.8 Å². The van der Waals surface area contributed by atoms with E-state index in [2.05, 4.69) is 10.2 Å². The fourth-order valence-corrected chi connectivity index (χ4v) is 3.04. The molecular formula is C17H26N2O2. The van der Waals surface area contributed by atoms with Gasteiger partial charge in [-0.1, -0.05) is 6.92 Å². The summed E-state index contributed by atoms with van der Waals surface area (Å²) in [5, 5.41) is 3.34. The number of ether oxygens (including phenoxy) is 1. The molecule has 1 heterocycles. The van der Waals surface area contributed by atoms with E-state index >= 15 is 0 Å². The summed E-state index contributed by atoms with van der Waals surface area (Å²) >= 11 is 0. The lowest BCUT2D eigenvalue weighted by Gasteiger charge is -2.29. The van der Waals surface area contributed by atoms with E-state index in [1.165, 1.54) is 0 Å². The molecule has 0 saturated carbocycles. The van der Waals surface area contributed by atoms with Crippen LogP contribution in [0.3, 0.4) is 0 Å². The number of rotatable bonds is 5. The molecule has 0 amide bonds. The third kappa shape index (κ3) is 3.83. The summed E-state index contributed by atoms with van der Waals surface area (Å²) in [6.45, 7) is 10.9. The second-order valence-electron chi connectivity index (χ2n) is 5.95. The zero-order chi connectivity index (χ0) is 15.4. The standard InChI is InChI=1S/C17H26N2O2/c1-12-9-15(21-4)10-13(2)16(12)17(20)14(3)11-19-7-5-18-6-8-19/h9-10,14,18H,5-8,11H2,1-4H3. The van der Waals surface area contributed by atoms with Gasteiger partial charge in [0.25, 0.3) is 0 Å². The zero-order valence-corrected chi connectivity index (χ0v) is 13.5. The second kappa shape index (κ2) is 7.05. The topological polar surface area (TPSA) is 41.6 Å². The maximum absolute atomic E-state index is 12.8. The van der Waals surface area contributed by atoms with Gasteiger partial charge in [-0.15, -0.1) is 0 Å². The molecule has 21 heavy (non-hydrogen) atoms. The molecule has 1 aliphatic rings. The van der Waals surface area contributed by atoms with Crippen molar-refractivity contribution < 1.29 is 9.53 Å². The van der Waals surface area contributed by atoms with Crippen molar-refractivity contribution in [3.8, 4) is 5.75 Å². The van der Waals surface area contributed by atoms with E-state index in [9.17, 15) is 4.79 Å². The molecular weight excluding hydrogens is 264 g/mol. The molecule has 1 atom stereocenters. The van der Waals surface area contributed by atoms with Crippen molar-refractivity contribution in [1.29, 1.82) is 0 Å². The number of carbonyl (C=O) groups is 1. The summed E-state index contributed by atoms with van der Waals surface area (Å²) in [5.74, 6) is 1.08. The Balaban J connectivity index is 2.11. The van der Waals surface area contributed by atoms with Crippen LogP contribution < -0.4 is 10.1 Å². The van der Waals surface area contributed by atoms with Gasteiger partial charge < -0.3 is 15.0 Å². The lowest BCUT2D eigenvalue weighted by molar-refractivity contribution is 0.0886. The Labute approximate surface area is 127 Å². The number of nitrogens with zero attached hydrogens (tertiary/aromatic N) is 1. The number of Topliss-reactive ketones (excluding diaryl/α,β-unsaturated/α-hetero) is 1. The van der Waals surface area contributed by atoms with Crippen LogP contribution in [0.25, 0.3) is 0 Å². The minimum absolute atomic E-state index is 0.0221. The quantitative estimate of drug-likeness (QED) is 0.843. The van der Waals surface area contributed by atoms with E-state index in [1.807, 2.05) is 32.9 Å². The van der Waals surface area contributed by atoms with Gasteiger partial charge in [0, 0.05) is 44.2 Å². The lowest BCUT2D eigenvalue weighted by Crippen LogP contribution is -2.45. The number of methoxy groups -OCH3 is 1. The first kappa shape index (κ1) is 16.0. The molecule has 1 aromatic carbocycles. The predicted octanol–water partition coefficient (Wildman–Crippen LogP) is 2.04. The van der Waals surface area contributed by atoms with Crippen LogP contribution >= 0.6 is 0 Å². The Kier molecular flexibility index (Phi) is 5.37. The average Bonchev–Trinajstić information content (AvgIpc) is 2.47. The number of benzene rings is 1. The van der Waals surface area contributed by atoms with Crippen LogP contribution in [0.1, 0.15) is 28.4 Å². The summed E-state index contributed by atoms with van der Waals surface area (Å²) in [6, 6.07) is 3.88. The number of nitrogens with one attached hydrogen (secondary N) is 1. The highest BCUT2D eigenvalue weighted by molar-refractivity contribution is 6.00. The van der Waals surface area contributed by atoms with Gasteiger partial charge in [-0.25, -0.2) is 0 Å². The zero-order valence-electron chi connectivity index (χ0n) is 13.5. The van der Waals surface area contributed by atoms with E-state index in [4.69, 9.17) is 4.74 Å². The molecule has 1 N–H and O–H groups in total. The first-order valence-corrected chi connectivity index (χ1v) is 7.65. The SMILES string of the molecule is COc1cc(C)c(C(=O)C(C)CN2CCNCC2)c(C)c1. The smallest absolute Gasteiger partial charge is 0.167 e. The van der Waals surface area contributed by atoms with E-state index in [0.29, 0.717) is 0 Å². The molecule has 0 spiro atoms. The van der Waals surface area contributed by atoms with Gasteiger partial charge in [0.05, 0.1) is 7.11 Å². The van der Waals surface area contributed by atoms with E-state index in [0.717, 1.165) is 55.2 Å². The summed E-state index contributed by atoms with van der Waals surface area (Å²) in [6.07, 6.45) is 0. The number of hydrogen-bond acceptors (Lipinski definition) is 4. The molecule has 4 nitrogen and oxygen atoms in total. The van der Waals surface area contributed by atoms with Gasteiger partial charge in [0.2, 0.25) is 0 Å². The molecule has 2 rings (SSSR count). The molecule has 0 radical (unpaired) electrons. The van der Waals surface area contributed by atoms with Gasteiger partial charge >= 0.3 is 0 Å². The van der Waals surface area contributed by atoms with Crippen molar-refractivity contribution >= 4 is 5.78 Å². The summed E-state index contributed by atoms with van der Waals surface area (Å²) in [5.41, 5.74) is 2.87. The van der Waals surface area contributed by atoms with Gasteiger partial charge in [-0.3, -0.25) is 4.79 Å². The number of piperazine rings is 1. The highest BCUT2D eigenvalue weighted by Crippen LogP contribution is 2.24. The molecule has 1 aliphatic heterocycles. The van der Waals surface area contributed by atoms with Gasteiger partial charge in [0.1, 0.15) is 5.75 Å². The fourth-order valence-electron chi connectivity index (χ4n) is 3.04. The summed E-state index contributed by atoms with van der Waals surface area (Å²) in [7, 11) is 1.66. The maximum atomic E-state index is 12.8. The van der Waals surface area contributed by atoms with E-state index < -0.39 is 0 Å². The van der Waals surface area contributed by atoms with Crippen molar-refractivity contribution in [2.75, 3.05) is 39.8 Å². The van der Waals surface area contributed by atoms with Crippen LogP contribution in [0, 0.1) is 19.8 Å². The minimum atomic E-state index is 0.0221. The lowest BCUT2D eigenvalue weighted by atomic mass is 9.91. The molecule has 1 saturated heterocycles. The molecule has 0 aromatic heterocycles. The molecule has 116 valence electrons. The molecule has 1 fully saturated rings. The van der Waals surface area contributed by atoms with Gasteiger partial charge in [-0.2, -0.15) is 0 Å². The largest absolute Gasteiger partial charge is 0.497 e. The summed E-state index contributed by atoms with van der Waals surface area (Å²) in [4.78, 5) is 15.1. The Hall–Kier alpha value is -1.39. The summed E-state index contributed by atoms with van der Waals surface area (Å²) < 4.78 is 5.27. The first-order chi connectivity index (χ1) is 10.0. The minimum Gasteiger partial charge on any atom is -0.497 e. The van der Waals surface area contributed by atoms with Crippen molar-refractivity contribution in [1.82, 2.24) is 10.2 Å². The highest BCUT2D eigenvalue weighted by atomic mass is 16.5. The van der Waals surface area contributed by atoms with Crippen molar-refractivity contribution in [3.63, 3.8) is 0 Å². The molecule has 1 unspecified atom stereocenters. The first-order valence-electron chi connectivity index (χ1n) is 7.65. The third-order valence-electron chi connectivity index (χ3n) is 4.18. The van der Waals surface area contributed by atoms with Crippen molar-refractivity contribution in [3.05, 3.63) is 28.8 Å². The molecule has 0 bridgehead atoms. The number of hydrogen-bond donors (Lipinski definition) is 1.